The molecule has 2 amide bonds. The number of hydrogen-bond donors (Lipinski definition) is 1. The van der Waals surface area contributed by atoms with E-state index in [1.807, 2.05) is 25.1 Å². The number of hydrogen-bond acceptors (Lipinski definition) is 5. The monoisotopic (exact) mass is 369 g/mol. The molecule has 1 aromatic carbocycles. The van der Waals surface area contributed by atoms with Gasteiger partial charge in [0.15, 0.2) is 12.3 Å². The van der Waals surface area contributed by atoms with Crippen molar-refractivity contribution in [2.45, 2.75) is 51.6 Å². The van der Waals surface area contributed by atoms with Crippen LogP contribution in [0.3, 0.4) is 0 Å². The predicted octanol–water partition coefficient (Wildman–Crippen LogP) is 2.97. The smallest absolute Gasteiger partial charge is 0.273 e. The number of rotatable bonds is 4. The molecule has 0 atom stereocenters. The minimum Gasteiger partial charge on any atom is -0.482 e. The Hall–Kier alpha value is -2.83. The summed E-state index contributed by atoms with van der Waals surface area (Å²) in [6.07, 6.45) is 6.90. The summed E-state index contributed by atoms with van der Waals surface area (Å²) in [6.45, 7) is 2.09. The summed E-state index contributed by atoms with van der Waals surface area (Å²) < 4.78 is 10.9. The van der Waals surface area contributed by atoms with Gasteiger partial charge in [0.1, 0.15) is 18.6 Å². The molecule has 0 saturated heterocycles. The van der Waals surface area contributed by atoms with Gasteiger partial charge in [-0.15, -0.1) is 0 Å². The maximum Gasteiger partial charge on any atom is 0.273 e. The normalized spacial score (nSPS) is 17.4. The summed E-state index contributed by atoms with van der Waals surface area (Å²) in [4.78, 5) is 30.6. The van der Waals surface area contributed by atoms with Crippen molar-refractivity contribution in [3.8, 4) is 5.75 Å². The van der Waals surface area contributed by atoms with Crippen molar-refractivity contribution < 1.29 is 18.7 Å². The Morgan fingerprint density at radius 2 is 2.11 bits per heavy atom. The van der Waals surface area contributed by atoms with E-state index in [2.05, 4.69) is 10.3 Å². The molecule has 1 saturated carbocycles. The number of oxazole rings is 1. The third kappa shape index (κ3) is 3.82. The SMILES string of the molecule is Cc1ccc2c(c1)N(Cc1nc(C(=O)NC3CCCCC3)co1)C(=O)CO2. The standard InChI is InChI=1S/C20H23N3O4/c1-13-7-8-17-16(9-13)23(19(24)12-26-17)10-18-22-15(11-27-18)20(25)21-14-5-3-2-4-6-14/h7-9,11,14H,2-6,10,12H2,1H3,(H,21,25). The van der Waals surface area contributed by atoms with E-state index in [-0.39, 0.29) is 36.7 Å². The number of nitrogens with zero attached hydrogens (tertiary/aromatic N) is 2. The number of benzene rings is 1. The molecule has 0 spiro atoms. The fourth-order valence-electron chi connectivity index (χ4n) is 3.61. The third-order valence-electron chi connectivity index (χ3n) is 5.08. The van der Waals surface area contributed by atoms with Gasteiger partial charge in [0.2, 0.25) is 5.89 Å². The molecular formula is C20H23N3O4. The van der Waals surface area contributed by atoms with Crippen molar-refractivity contribution in [2.24, 2.45) is 0 Å². The zero-order valence-electron chi connectivity index (χ0n) is 15.4. The summed E-state index contributed by atoms with van der Waals surface area (Å²) in [7, 11) is 0. The van der Waals surface area contributed by atoms with Crippen LogP contribution in [-0.2, 0) is 11.3 Å². The molecule has 0 bridgehead atoms. The summed E-state index contributed by atoms with van der Waals surface area (Å²) in [6, 6.07) is 5.89. The van der Waals surface area contributed by atoms with E-state index in [0.717, 1.165) is 31.2 Å². The van der Waals surface area contributed by atoms with E-state index in [1.54, 1.807) is 4.90 Å². The molecule has 2 aliphatic rings. The summed E-state index contributed by atoms with van der Waals surface area (Å²) in [5, 5.41) is 3.02. The molecule has 1 fully saturated rings. The largest absolute Gasteiger partial charge is 0.482 e. The van der Waals surface area contributed by atoms with E-state index in [9.17, 15) is 9.59 Å². The maximum absolute atomic E-state index is 12.4. The summed E-state index contributed by atoms with van der Waals surface area (Å²) in [5.74, 6) is 0.592. The second-order valence-corrected chi connectivity index (χ2v) is 7.17. The maximum atomic E-state index is 12.4. The van der Waals surface area contributed by atoms with Crippen LogP contribution in [-0.4, -0.2) is 29.4 Å². The van der Waals surface area contributed by atoms with Crippen molar-refractivity contribution in [3.63, 3.8) is 0 Å². The molecule has 0 radical (unpaired) electrons. The molecule has 2 heterocycles. The Balaban J connectivity index is 1.47. The highest BCUT2D eigenvalue weighted by molar-refractivity contribution is 5.97. The van der Waals surface area contributed by atoms with E-state index in [1.165, 1.54) is 12.7 Å². The average Bonchev–Trinajstić information content (AvgIpc) is 3.14. The molecule has 7 nitrogen and oxygen atoms in total. The zero-order chi connectivity index (χ0) is 18.8. The Morgan fingerprint density at radius 3 is 2.93 bits per heavy atom. The molecule has 1 N–H and O–H groups in total. The molecule has 4 rings (SSSR count). The first-order chi connectivity index (χ1) is 13.1. The van der Waals surface area contributed by atoms with Gasteiger partial charge in [-0.3, -0.25) is 14.5 Å². The number of anilines is 1. The van der Waals surface area contributed by atoms with Crippen LogP contribution in [0.15, 0.2) is 28.9 Å². The minimum absolute atomic E-state index is 0.0220. The lowest BCUT2D eigenvalue weighted by Crippen LogP contribution is -2.38. The highest BCUT2D eigenvalue weighted by atomic mass is 16.5. The van der Waals surface area contributed by atoms with Gasteiger partial charge in [0.25, 0.3) is 11.8 Å². The van der Waals surface area contributed by atoms with Crippen molar-refractivity contribution in [2.75, 3.05) is 11.5 Å². The van der Waals surface area contributed by atoms with Gasteiger partial charge in [-0.2, -0.15) is 0 Å². The van der Waals surface area contributed by atoms with E-state index < -0.39 is 0 Å². The Morgan fingerprint density at radius 1 is 1.30 bits per heavy atom. The second kappa shape index (κ2) is 7.42. The van der Waals surface area contributed by atoms with E-state index in [0.29, 0.717) is 17.3 Å². The number of aromatic nitrogens is 1. The highest BCUT2D eigenvalue weighted by Crippen LogP contribution is 2.33. The molecule has 2 aromatic rings. The summed E-state index contributed by atoms with van der Waals surface area (Å²) in [5.41, 5.74) is 1.97. The first-order valence-electron chi connectivity index (χ1n) is 9.39. The lowest BCUT2D eigenvalue weighted by atomic mass is 9.95. The van der Waals surface area contributed by atoms with Crippen LogP contribution in [0.5, 0.6) is 5.75 Å². The minimum atomic E-state index is -0.221. The zero-order valence-corrected chi connectivity index (χ0v) is 15.4. The van der Waals surface area contributed by atoms with Crippen LogP contribution in [0.1, 0.15) is 54.0 Å². The van der Waals surface area contributed by atoms with Gasteiger partial charge in [-0.05, 0) is 37.5 Å². The first kappa shape index (κ1) is 17.6. The van der Waals surface area contributed by atoms with Crippen LogP contribution in [0, 0.1) is 6.92 Å². The highest BCUT2D eigenvalue weighted by Gasteiger charge is 2.27. The van der Waals surface area contributed by atoms with Crippen molar-refractivity contribution in [1.29, 1.82) is 0 Å². The predicted molar refractivity (Wildman–Crippen MR) is 98.7 cm³/mol. The van der Waals surface area contributed by atoms with Crippen LogP contribution in [0.25, 0.3) is 0 Å². The molecule has 1 aromatic heterocycles. The lowest BCUT2D eigenvalue weighted by molar-refractivity contribution is -0.121. The number of carbonyl (C=O) groups is 2. The topological polar surface area (TPSA) is 84.7 Å². The Labute approximate surface area is 157 Å². The van der Waals surface area contributed by atoms with Gasteiger partial charge >= 0.3 is 0 Å². The Kier molecular flexibility index (Phi) is 4.83. The van der Waals surface area contributed by atoms with Gasteiger partial charge in [-0.25, -0.2) is 4.98 Å². The van der Waals surface area contributed by atoms with Crippen LogP contribution >= 0.6 is 0 Å². The van der Waals surface area contributed by atoms with Gasteiger partial charge < -0.3 is 14.5 Å². The summed E-state index contributed by atoms with van der Waals surface area (Å²) >= 11 is 0. The number of aryl methyl sites for hydroxylation is 1. The number of nitrogens with one attached hydrogen (secondary N) is 1. The molecule has 0 unspecified atom stereocenters. The first-order valence-corrected chi connectivity index (χ1v) is 9.39. The second-order valence-electron chi connectivity index (χ2n) is 7.17. The molecule has 1 aliphatic heterocycles. The lowest BCUT2D eigenvalue weighted by Gasteiger charge is -2.28. The molecular weight excluding hydrogens is 346 g/mol. The van der Waals surface area contributed by atoms with Gasteiger partial charge in [0, 0.05) is 6.04 Å². The molecule has 142 valence electrons. The number of amides is 2. The van der Waals surface area contributed by atoms with Gasteiger partial charge in [0.05, 0.1) is 5.69 Å². The van der Waals surface area contributed by atoms with Crippen LogP contribution < -0.4 is 15.0 Å². The molecule has 27 heavy (non-hydrogen) atoms. The fraction of sp³-hybridized carbons (Fsp3) is 0.450. The van der Waals surface area contributed by atoms with Gasteiger partial charge in [-0.1, -0.05) is 25.3 Å². The third-order valence-corrected chi connectivity index (χ3v) is 5.08. The number of ether oxygens (including phenoxy) is 1. The number of carbonyl (C=O) groups excluding carboxylic acids is 2. The van der Waals surface area contributed by atoms with E-state index >= 15 is 0 Å². The van der Waals surface area contributed by atoms with Crippen LogP contribution in [0.4, 0.5) is 5.69 Å². The molecule has 1 aliphatic carbocycles. The van der Waals surface area contributed by atoms with E-state index in [4.69, 9.17) is 9.15 Å². The quantitative estimate of drug-likeness (QED) is 0.896. The fourth-order valence-corrected chi connectivity index (χ4v) is 3.61. The van der Waals surface area contributed by atoms with Crippen molar-refractivity contribution >= 4 is 17.5 Å². The Bertz CT molecular complexity index is 855. The van der Waals surface area contributed by atoms with Crippen molar-refractivity contribution in [3.05, 3.63) is 41.6 Å². The average molecular weight is 369 g/mol. The number of fused-ring (bicyclic) bond motifs is 1. The van der Waals surface area contributed by atoms with Crippen molar-refractivity contribution in [1.82, 2.24) is 10.3 Å². The van der Waals surface area contributed by atoms with Crippen LogP contribution in [0.2, 0.25) is 0 Å². The molecule has 7 heteroatoms.